The molecule has 14 heavy (non-hydrogen) atoms. The highest BCUT2D eigenvalue weighted by atomic mass is 35.5. The van der Waals surface area contributed by atoms with Crippen molar-refractivity contribution < 1.29 is 4.79 Å². The van der Waals surface area contributed by atoms with Crippen LogP contribution in [0, 0.1) is 0 Å². The second-order valence-electron chi connectivity index (χ2n) is 2.42. The summed E-state index contributed by atoms with van der Waals surface area (Å²) < 4.78 is 0. The summed E-state index contributed by atoms with van der Waals surface area (Å²) in [6.45, 7) is 0. The van der Waals surface area contributed by atoms with Gasteiger partial charge in [0.1, 0.15) is 5.88 Å². The highest BCUT2D eigenvalue weighted by Crippen LogP contribution is 2.17. The number of nitrogens with one attached hydrogen (secondary N) is 1. The molecule has 0 spiro atoms. The number of nitrogens with zero attached hydrogens (tertiary/aromatic N) is 3. The Hall–Kier alpha value is -1.71. The Kier molecular flexibility index (Phi) is 3.79. The minimum Gasteiger partial charge on any atom is -0.325 e. The van der Waals surface area contributed by atoms with E-state index in [-0.39, 0.29) is 11.8 Å². The molecular formula is C8H7ClN4O. The van der Waals surface area contributed by atoms with Crippen molar-refractivity contribution in [3.8, 4) is 0 Å². The first-order valence-corrected chi connectivity index (χ1v) is 4.30. The lowest BCUT2D eigenvalue weighted by molar-refractivity contribution is -0.113. The van der Waals surface area contributed by atoms with E-state index in [0.717, 1.165) is 0 Å². The van der Waals surface area contributed by atoms with Gasteiger partial charge in [0, 0.05) is 16.3 Å². The second kappa shape index (κ2) is 5.11. The van der Waals surface area contributed by atoms with E-state index in [0.29, 0.717) is 11.4 Å². The van der Waals surface area contributed by atoms with Crippen LogP contribution in [0.2, 0.25) is 0 Å². The van der Waals surface area contributed by atoms with E-state index in [2.05, 4.69) is 15.3 Å². The fourth-order valence-corrected chi connectivity index (χ4v) is 0.959. The van der Waals surface area contributed by atoms with Gasteiger partial charge >= 0.3 is 0 Å². The second-order valence-corrected chi connectivity index (χ2v) is 2.69. The Bertz CT molecular complexity index is 387. The first-order valence-electron chi connectivity index (χ1n) is 3.77. The molecular weight excluding hydrogens is 204 g/mol. The Labute approximate surface area is 85.3 Å². The Morgan fingerprint density at radius 2 is 2.43 bits per heavy atom. The lowest BCUT2D eigenvalue weighted by Gasteiger charge is -2.02. The van der Waals surface area contributed by atoms with Gasteiger partial charge in [-0.25, -0.2) is 0 Å². The average Bonchev–Trinajstić information content (AvgIpc) is 2.19. The molecule has 5 nitrogen and oxygen atoms in total. The molecule has 72 valence electrons. The van der Waals surface area contributed by atoms with E-state index in [1.54, 1.807) is 24.3 Å². The standard InChI is InChI=1S/C8H7ClN4O/c9-5-8(14)11-6-2-1-3-7(4-6)12-13-10/h1-4H,5H2,(H,11,14). The number of hydrogen-bond donors (Lipinski definition) is 1. The number of halogens is 1. The van der Waals surface area contributed by atoms with Crippen molar-refractivity contribution in [2.75, 3.05) is 11.2 Å². The number of amides is 1. The normalized spacial score (nSPS) is 8.93. The van der Waals surface area contributed by atoms with Gasteiger partial charge in [0.15, 0.2) is 0 Å². The van der Waals surface area contributed by atoms with Crippen molar-refractivity contribution in [1.29, 1.82) is 0 Å². The number of rotatable bonds is 3. The molecule has 1 N–H and O–H groups in total. The molecule has 0 unspecified atom stereocenters. The zero-order chi connectivity index (χ0) is 10.4. The molecule has 0 aliphatic heterocycles. The summed E-state index contributed by atoms with van der Waals surface area (Å²) >= 11 is 5.31. The van der Waals surface area contributed by atoms with Crippen molar-refractivity contribution in [2.24, 2.45) is 5.11 Å². The Morgan fingerprint density at radius 1 is 1.64 bits per heavy atom. The quantitative estimate of drug-likeness (QED) is 0.354. The van der Waals surface area contributed by atoms with Crippen LogP contribution in [0.5, 0.6) is 0 Å². The number of alkyl halides is 1. The minimum absolute atomic E-state index is 0.105. The molecule has 0 saturated heterocycles. The van der Waals surface area contributed by atoms with Crippen LogP contribution in [-0.4, -0.2) is 11.8 Å². The van der Waals surface area contributed by atoms with Crippen LogP contribution in [0.4, 0.5) is 11.4 Å². The van der Waals surface area contributed by atoms with Gasteiger partial charge in [0.05, 0.1) is 0 Å². The van der Waals surface area contributed by atoms with Crippen LogP contribution in [0.1, 0.15) is 0 Å². The van der Waals surface area contributed by atoms with Crippen LogP contribution >= 0.6 is 11.6 Å². The zero-order valence-corrected chi connectivity index (χ0v) is 7.90. The first kappa shape index (κ1) is 10.4. The van der Waals surface area contributed by atoms with E-state index >= 15 is 0 Å². The highest BCUT2D eigenvalue weighted by molar-refractivity contribution is 6.29. The molecule has 0 fully saturated rings. The van der Waals surface area contributed by atoms with Crippen molar-refractivity contribution in [3.63, 3.8) is 0 Å². The van der Waals surface area contributed by atoms with Gasteiger partial charge in [-0.3, -0.25) is 4.79 Å². The number of anilines is 1. The van der Waals surface area contributed by atoms with E-state index in [1.807, 2.05) is 0 Å². The molecule has 0 bridgehead atoms. The molecule has 1 aromatic carbocycles. The highest BCUT2D eigenvalue weighted by Gasteiger charge is 1.99. The van der Waals surface area contributed by atoms with Crippen LogP contribution in [0.15, 0.2) is 29.4 Å². The molecule has 0 heterocycles. The summed E-state index contributed by atoms with van der Waals surface area (Å²) in [5.74, 6) is -0.407. The maximum Gasteiger partial charge on any atom is 0.239 e. The molecule has 1 aromatic rings. The Balaban J connectivity index is 2.83. The largest absolute Gasteiger partial charge is 0.325 e. The molecule has 0 aliphatic rings. The number of benzene rings is 1. The minimum atomic E-state index is -0.301. The van der Waals surface area contributed by atoms with Crippen LogP contribution in [-0.2, 0) is 4.79 Å². The van der Waals surface area contributed by atoms with Crippen LogP contribution in [0.3, 0.4) is 0 Å². The van der Waals surface area contributed by atoms with Crippen LogP contribution in [0.25, 0.3) is 10.4 Å². The molecule has 6 heteroatoms. The maximum atomic E-state index is 10.9. The van der Waals surface area contributed by atoms with Gasteiger partial charge < -0.3 is 5.32 Å². The van der Waals surface area contributed by atoms with Gasteiger partial charge in [0.25, 0.3) is 0 Å². The molecule has 1 amide bonds. The third-order valence-electron chi connectivity index (χ3n) is 1.41. The van der Waals surface area contributed by atoms with E-state index < -0.39 is 0 Å². The monoisotopic (exact) mass is 210 g/mol. The van der Waals surface area contributed by atoms with Gasteiger partial charge in [-0.05, 0) is 17.7 Å². The summed E-state index contributed by atoms with van der Waals surface area (Å²) in [7, 11) is 0. The van der Waals surface area contributed by atoms with Gasteiger partial charge in [-0.1, -0.05) is 17.2 Å². The molecule has 0 saturated carbocycles. The lowest BCUT2D eigenvalue weighted by atomic mass is 10.3. The summed E-state index contributed by atoms with van der Waals surface area (Å²) in [5.41, 5.74) is 9.19. The van der Waals surface area contributed by atoms with Gasteiger partial charge in [-0.2, -0.15) is 0 Å². The smallest absolute Gasteiger partial charge is 0.239 e. The predicted molar refractivity (Wildman–Crippen MR) is 54.6 cm³/mol. The van der Waals surface area contributed by atoms with Crippen molar-refractivity contribution in [1.82, 2.24) is 0 Å². The number of carbonyl (C=O) groups is 1. The zero-order valence-electron chi connectivity index (χ0n) is 7.14. The van der Waals surface area contributed by atoms with E-state index in [4.69, 9.17) is 17.1 Å². The third kappa shape index (κ3) is 2.97. The lowest BCUT2D eigenvalue weighted by Crippen LogP contribution is -2.12. The number of carbonyl (C=O) groups excluding carboxylic acids is 1. The van der Waals surface area contributed by atoms with Crippen molar-refractivity contribution in [2.45, 2.75) is 0 Å². The van der Waals surface area contributed by atoms with Gasteiger partial charge in [-0.15, -0.1) is 11.6 Å². The van der Waals surface area contributed by atoms with E-state index in [1.165, 1.54) is 0 Å². The fourth-order valence-electron chi connectivity index (χ4n) is 0.892. The molecule has 1 rings (SSSR count). The number of hydrogen-bond acceptors (Lipinski definition) is 2. The van der Waals surface area contributed by atoms with Crippen molar-refractivity contribution in [3.05, 3.63) is 34.7 Å². The fraction of sp³-hybridized carbons (Fsp3) is 0.125. The summed E-state index contributed by atoms with van der Waals surface area (Å²) in [6, 6.07) is 6.55. The average molecular weight is 211 g/mol. The summed E-state index contributed by atoms with van der Waals surface area (Å²) in [5, 5.41) is 5.93. The molecule has 0 aliphatic carbocycles. The molecule has 0 aromatic heterocycles. The van der Waals surface area contributed by atoms with E-state index in [9.17, 15) is 4.79 Å². The SMILES string of the molecule is [N-]=[N+]=Nc1cccc(NC(=O)CCl)c1. The van der Waals surface area contributed by atoms with Crippen molar-refractivity contribution >= 4 is 28.9 Å². The predicted octanol–water partition coefficient (Wildman–Crippen LogP) is 2.81. The number of azide groups is 1. The topological polar surface area (TPSA) is 77.9 Å². The first-order chi connectivity index (χ1) is 6.76. The van der Waals surface area contributed by atoms with Crippen LogP contribution < -0.4 is 5.32 Å². The van der Waals surface area contributed by atoms with Gasteiger partial charge in [0.2, 0.25) is 5.91 Å². The third-order valence-corrected chi connectivity index (χ3v) is 1.65. The molecule has 0 radical (unpaired) electrons. The summed E-state index contributed by atoms with van der Waals surface area (Å²) in [4.78, 5) is 13.5. The maximum absolute atomic E-state index is 10.9. The molecule has 0 atom stereocenters. The Morgan fingerprint density at radius 3 is 3.07 bits per heavy atom. The summed E-state index contributed by atoms with van der Waals surface area (Å²) in [6.07, 6.45) is 0.